The van der Waals surface area contributed by atoms with Gasteiger partial charge in [-0.05, 0) is 38.1 Å². The van der Waals surface area contributed by atoms with E-state index < -0.39 is 0 Å². The number of phenolic OH excluding ortho intramolecular Hbond substituents is 2. The van der Waals surface area contributed by atoms with Crippen LogP contribution in [0.3, 0.4) is 0 Å². The maximum Gasteiger partial charge on any atom is 0.124 e. The summed E-state index contributed by atoms with van der Waals surface area (Å²) < 4.78 is 0. The van der Waals surface area contributed by atoms with Gasteiger partial charge in [0.1, 0.15) is 11.5 Å². The van der Waals surface area contributed by atoms with Crippen molar-refractivity contribution in [1.82, 2.24) is 0 Å². The molecule has 0 aliphatic heterocycles. The molecular formula is C30H28N2O2. The first-order valence-corrected chi connectivity index (χ1v) is 11.3. The average molecular weight is 449 g/mol. The molecule has 0 aliphatic carbocycles. The molecule has 4 heteroatoms. The molecule has 0 aromatic heterocycles. The summed E-state index contributed by atoms with van der Waals surface area (Å²) in [5.74, 6) is 0.401. The first-order chi connectivity index (χ1) is 16.5. The van der Waals surface area contributed by atoms with Crippen molar-refractivity contribution in [2.75, 3.05) is 13.1 Å². The van der Waals surface area contributed by atoms with Gasteiger partial charge in [-0.15, -0.1) is 0 Å². The summed E-state index contributed by atoms with van der Waals surface area (Å²) in [4.78, 5) is 9.71. The molecule has 0 radical (unpaired) electrons. The monoisotopic (exact) mass is 448 g/mol. The summed E-state index contributed by atoms with van der Waals surface area (Å²) in [5, 5.41) is 21.1. The normalized spacial score (nSPS) is 12.1. The molecular weight excluding hydrogens is 420 g/mol. The lowest BCUT2D eigenvalue weighted by molar-refractivity contribution is 0.473. The second-order valence-electron chi connectivity index (χ2n) is 8.23. The highest BCUT2D eigenvalue weighted by atomic mass is 16.3. The van der Waals surface area contributed by atoms with Gasteiger partial charge in [0.15, 0.2) is 0 Å². The summed E-state index contributed by atoms with van der Waals surface area (Å²) in [7, 11) is 0. The van der Waals surface area contributed by atoms with Crippen LogP contribution in [-0.2, 0) is 0 Å². The van der Waals surface area contributed by atoms with Crippen molar-refractivity contribution in [3.63, 3.8) is 0 Å². The van der Waals surface area contributed by atoms with Gasteiger partial charge in [0.2, 0.25) is 0 Å². The van der Waals surface area contributed by atoms with E-state index in [4.69, 9.17) is 9.98 Å². The van der Waals surface area contributed by atoms with Gasteiger partial charge in [-0.1, -0.05) is 83.9 Å². The molecule has 4 aromatic rings. The van der Waals surface area contributed by atoms with E-state index in [0.717, 1.165) is 33.7 Å². The zero-order valence-electron chi connectivity index (χ0n) is 19.4. The number of benzene rings is 4. The second-order valence-corrected chi connectivity index (χ2v) is 8.23. The lowest BCUT2D eigenvalue weighted by Crippen LogP contribution is -2.09. The molecule has 0 aliphatic rings. The van der Waals surface area contributed by atoms with Gasteiger partial charge >= 0.3 is 0 Å². The highest BCUT2D eigenvalue weighted by Crippen LogP contribution is 2.24. The molecule has 0 bridgehead atoms. The van der Waals surface area contributed by atoms with Crippen LogP contribution in [0, 0.1) is 13.8 Å². The predicted molar refractivity (Wildman–Crippen MR) is 140 cm³/mol. The Bertz CT molecular complexity index is 1220. The molecule has 0 fully saturated rings. The van der Waals surface area contributed by atoms with Gasteiger partial charge in [0.05, 0.1) is 24.5 Å². The van der Waals surface area contributed by atoms with Gasteiger partial charge < -0.3 is 10.2 Å². The molecule has 0 heterocycles. The van der Waals surface area contributed by atoms with Crippen molar-refractivity contribution < 1.29 is 10.2 Å². The lowest BCUT2D eigenvalue weighted by atomic mass is 9.99. The number of nitrogens with zero attached hydrogens (tertiary/aromatic N) is 2. The minimum Gasteiger partial charge on any atom is -0.507 e. The van der Waals surface area contributed by atoms with E-state index in [9.17, 15) is 10.2 Å². The average Bonchev–Trinajstić information content (AvgIpc) is 2.86. The fourth-order valence-corrected chi connectivity index (χ4v) is 3.86. The summed E-state index contributed by atoms with van der Waals surface area (Å²) >= 11 is 0. The molecule has 0 spiro atoms. The standard InChI is InChI=1S/C30H28N2O2/c1-21-13-15-27(33)25(19-21)29(23-9-5-3-6-10-23)31-17-18-32-30(24-11-7-4-8-12-24)26-20-22(2)14-16-28(26)34/h3-16,19-20,33-34H,17-18H2,1-2H3. The van der Waals surface area contributed by atoms with Crippen molar-refractivity contribution >= 4 is 11.4 Å². The van der Waals surface area contributed by atoms with Crippen molar-refractivity contribution in [2.45, 2.75) is 13.8 Å². The Morgan fingerprint density at radius 3 is 1.32 bits per heavy atom. The number of phenols is 2. The Hall–Kier alpha value is -4.18. The van der Waals surface area contributed by atoms with Crippen LogP contribution in [-0.4, -0.2) is 34.7 Å². The molecule has 0 saturated carbocycles. The summed E-state index contributed by atoms with van der Waals surface area (Å²) in [6.07, 6.45) is 0. The molecule has 4 aromatic carbocycles. The summed E-state index contributed by atoms with van der Waals surface area (Å²) in [6.45, 7) is 4.85. The fraction of sp³-hybridized carbons (Fsp3) is 0.133. The lowest BCUT2D eigenvalue weighted by Gasteiger charge is -2.12. The number of rotatable bonds is 7. The number of hydrogen-bond donors (Lipinski definition) is 2. The highest BCUT2D eigenvalue weighted by Gasteiger charge is 2.13. The van der Waals surface area contributed by atoms with E-state index in [-0.39, 0.29) is 11.5 Å². The van der Waals surface area contributed by atoms with Crippen LogP contribution in [0.1, 0.15) is 33.4 Å². The molecule has 0 unspecified atom stereocenters. The number of aryl methyl sites for hydroxylation is 2. The van der Waals surface area contributed by atoms with Crippen molar-refractivity contribution in [3.05, 3.63) is 130 Å². The first-order valence-electron chi connectivity index (χ1n) is 11.3. The zero-order valence-corrected chi connectivity index (χ0v) is 19.4. The molecule has 170 valence electrons. The Morgan fingerprint density at radius 2 is 0.941 bits per heavy atom. The topological polar surface area (TPSA) is 65.2 Å². The second kappa shape index (κ2) is 10.6. The van der Waals surface area contributed by atoms with Gasteiger partial charge in [0, 0.05) is 22.3 Å². The number of aromatic hydroxyl groups is 2. The van der Waals surface area contributed by atoms with E-state index in [1.807, 2.05) is 98.8 Å². The third-order valence-electron chi connectivity index (χ3n) is 5.55. The third-order valence-corrected chi connectivity index (χ3v) is 5.55. The van der Waals surface area contributed by atoms with Crippen LogP contribution in [0.15, 0.2) is 107 Å². The van der Waals surface area contributed by atoms with Crippen LogP contribution in [0.5, 0.6) is 11.5 Å². The van der Waals surface area contributed by atoms with E-state index in [1.165, 1.54) is 0 Å². The molecule has 0 atom stereocenters. The molecule has 0 amide bonds. The Morgan fingerprint density at radius 1 is 0.559 bits per heavy atom. The quantitative estimate of drug-likeness (QED) is 0.265. The van der Waals surface area contributed by atoms with Crippen molar-refractivity contribution in [1.29, 1.82) is 0 Å². The predicted octanol–water partition coefficient (Wildman–Crippen LogP) is 6.09. The van der Waals surface area contributed by atoms with Gasteiger partial charge in [-0.2, -0.15) is 0 Å². The van der Waals surface area contributed by atoms with Crippen LogP contribution in [0.4, 0.5) is 0 Å². The minimum atomic E-state index is 0.200. The Balaban J connectivity index is 1.69. The smallest absolute Gasteiger partial charge is 0.124 e. The van der Waals surface area contributed by atoms with E-state index >= 15 is 0 Å². The maximum atomic E-state index is 10.5. The van der Waals surface area contributed by atoms with Crippen LogP contribution in [0.25, 0.3) is 0 Å². The largest absolute Gasteiger partial charge is 0.507 e. The van der Waals surface area contributed by atoms with E-state index in [1.54, 1.807) is 12.1 Å². The van der Waals surface area contributed by atoms with E-state index in [2.05, 4.69) is 0 Å². The highest BCUT2D eigenvalue weighted by molar-refractivity contribution is 6.15. The molecule has 34 heavy (non-hydrogen) atoms. The zero-order chi connectivity index (χ0) is 23.9. The first kappa shape index (κ1) is 23.0. The van der Waals surface area contributed by atoms with Gasteiger partial charge in [0.25, 0.3) is 0 Å². The Labute approximate surface area is 200 Å². The molecule has 2 N–H and O–H groups in total. The third kappa shape index (κ3) is 5.41. The van der Waals surface area contributed by atoms with Crippen molar-refractivity contribution in [2.24, 2.45) is 9.98 Å². The van der Waals surface area contributed by atoms with Gasteiger partial charge in [-0.25, -0.2) is 0 Å². The maximum absolute atomic E-state index is 10.5. The molecule has 4 nitrogen and oxygen atoms in total. The summed E-state index contributed by atoms with van der Waals surface area (Å²) in [5.41, 5.74) is 6.85. The molecule has 4 rings (SSSR count). The van der Waals surface area contributed by atoms with Crippen LogP contribution >= 0.6 is 0 Å². The van der Waals surface area contributed by atoms with Gasteiger partial charge in [-0.3, -0.25) is 9.98 Å². The molecule has 0 saturated heterocycles. The van der Waals surface area contributed by atoms with Crippen molar-refractivity contribution in [3.8, 4) is 11.5 Å². The van der Waals surface area contributed by atoms with Crippen LogP contribution < -0.4 is 0 Å². The van der Waals surface area contributed by atoms with E-state index in [0.29, 0.717) is 24.2 Å². The number of aliphatic imine (C=N–C) groups is 2. The minimum absolute atomic E-state index is 0.200. The number of hydrogen-bond acceptors (Lipinski definition) is 4. The van der Waals surface area contributed by atoms with Crippen LogP contribution in [0.2, 0.25) is 0 Å². The Kier molecular flexibility index (Phi) is 7.19. The SMILES string of the molecule is Cc1ccc(O)c(C(=NCCN=C(c2ccccc2)c2cc(C)ccc2O)c2ccccc2)c1. The summed E-state index contributed by atoms with van der Waals surface area (Å²) in [6, 6.07) is 30.8. The fourth-order valence-electron chi connectivity index (χ4n) is 3.86.